The van der Waals surface area contributed by atoms with Crippen LogP contribution in [0.3, 0.4) is 0 Å². The van der Waals surface area contributed by atoms with Crippen LogP contribution in [-0.4, -0.2) is 9.55 Å². The highest BCUT2D eigenvalue weighted by atomic mass is 15.0. The first-order chi connectivity index (χ1) is 5.65. The summed E-state index contributed by atoms with van der Waals surface area (Å²) in [6, 6.07) is 0.0674. The molecule has 0 bridgehead atoms. The molecule has 0 aliphatic heterocycles. The van der Waals surface area contributed by atoms with Crippen molar-refractivity contribution < 1.29 is 0 Å². The molecule has 3 heteroatoms. The van der Waals surface area contributed by atoms with E-state index in [1.807, 2.05) is 17.1 Å². The predicted octanol–water partition coefficient (Wildman–Crippen LogP) is 1.56. The SMILES string of the molecule is CCn1cnc(C(N)C(C)C)c1. The fraction of sp³-hybridized carbons (Fsp3) is 0.667. The number of aromatic nitrogens is 2. The number of imidazole rings is 1. The summed E-state index contributed by atoms with van der Waals surface area (Å²) in [6.45, 7) is 7.26. The van der Waals surface area contributed by atoms with E-state index in [1.54, 1.807) is 0 Å². The molecule has 0 fully saturated rings. The van der Waals surface area contributed by atoms with Crippen LogP contribution in [-0.2, 0) is 6.54 Å². The Hall–Kier alpha value is -0.830. The summed E-state index contributed by atoms with van der Waals surface area (Å²) in [5.74, 6) is 0.449. The Morgan fingerprint density at radius 2 is 2.25 bits per heavy atom. The lowest BCUT2D eigenvalue weighted by Gasteiger charge is -2.11. The van der Waals surface area contributed by atoms with Crippen LogP contribution in [0.1, 0.15) is 32.5 Å². The molecule has 0 aromatic carbocycles. The molecule has 2 N–H and O–H groups in total. The van der Waals surface area contributed by atoms with Crippen molar-refractivity contribution in [2.24, 2.45) is 11.7 Å². The molecule has 0 aliphatic carbocycles. The van der Waals surface area contributed by atoms with Crippen molar-refractivity contribution in [2.45, 2.75) is 33.4 Å². The Bertz CT molecular complexity index is 240. The molecule has 0 saturated heterocycles. The van der Waals surface area contributed by atoms with E-state index in [9.17, 15) is 0 Å². The van der Waals surface area contributed by atoms with Crippen molar-refractivity contribution in [3.05, 3.63) is 18.2 Å². The summed E-state index contributed by atoms with van der Waals surface area (Å²) >= 11 is 0. The van der Waals surface area contributed by atoms with Gasteiger partial charge in [0.2, 0.25) is 0 Å². The average molecular weight is 167 g/mol. The van der Waals surface area contributed by atoms with Crippen molar-refractivity contribution in [3.63, 3.8) is 0 Å². The zero-order chi connectivity index (χ0) is 9.14. The minimum absolute atomic E-state index is 0.0674. The smallest absolute Gasteiger partial charge is 0.0950 e. The lowest BCUT2D eigenvalue weighted by atomic mass is 10.0. The quantitative estimate of drug-likeness (QED) is 0.742. The third-order valence-corrected chi connectivity index (χ3v) is 2.08. The van der Waals surface area contributed by atoms with E-state index in [-0.39, 0.29) is 6.04 Å². The number of rotatable bonds is 3. The van der Waals surface area contributed by atoms with Crippen LogP contribution >= 0.6 is 0 Å². The van der Waals surface area contributed by atoms with Gasteiger partial charge >= 0.3 is 0 Å². The summed E-state index contributed by atoms with van der Waals surface area (Å²) in [6.07, 6.45) is 3.85. The molecule has 3 nitrogen and oxygen atoms in total. The molecule has 0 radical (unpaired) electrons. The van der Waals surface area contributed by atoms with Gasteiger partial charge < -0.3 is 10.3 Å². The molecular weight excluding hydrogens is 150 g/mol. The van der Waals surface area contributed by atoms with Crippen LogP contribution in [0.5, 0.6) is 0 Å². The van der Waals surface area contributed by atoms with Gasteiger partial charge in [-0.3, -0.25) is 0 Å². The highest BCUT2D eigenvalue weighted by Gasteiger charge is 2.12. The Morgan fingerprint density at radius 3 is 2.67 bits per heavy atom. The van der Waals surface area contributed by atoms with Crippen molar-refractivity contribution in [2.75, 3.05) is 0 Å². The number of aryl methyl sites for hydroxylation is 1. The van der Waals surface area contributed by atoms with Gasteiger partial charge in [0.1, 0.15) is 0 Å². The van der Waals surface area contributed by atoms with Crippen molar-refractivity contribution >= 4 is 0 Å². The molecule has 0 saturated carbocycles. The Kier molecular flexibility index (Phi) is 2.87. The van der Waals surface area contributed by atoms with Crippen LogP contribution in [0, 0.1) is 5.92 Å². The van der Waals surface area contributed by atoms with E-state index >= 15 is 0 Å². The third-order valence-electron chi connectivity index (χ3n) is 2.08. The molecule has 1 unspecified atom stereocenters. The van der Waals surface area contributed by atoms with Crippen LogP contribution in [0.4, 0.5) is 0 Å². The summed E-state index contributed by atoms with van der Waals surface area (Å²) in [5, 5.41) is 0. The molecule has 12 heavy (non-hydrogen) atoms. The second kappa shape index (κ2) is 3.72. The highest BCUT2D eigenvalue weighted by molar-refractivity contribution is 5.03. The lowest BCUT2D eigenvalue weighted by Crippen LogP contribution is -2.16. The monoisotopic (exact) mass is 167 g/mol. The molecule has 1 atom stereocenters. The largest absolute Gasteiger partial charge is 0.337 e. The molecule has 0 spiro atoms. The van der Waals surface area contributed by atoms with Crippen molar-refractivity contribution in [1.29, 1.82) is 0 Å². The topological polar surface area (TPSA) is 43.8 Å². The molecule has 0 amide bonds. The average Bonchev–Trinajstić information content (AvgIpc) is 2.50. The fourth-order valence-corrected chi connectivity index (χ4v) is 1.06. The van der Waals surface area contributed by atoms with Gasteiger partial charge in [-0.1, -0.05) is 13.8 Å². The van der Waals surface area contributed by atoms with E-state index in [0.29, 0.717) is 5.92 Å². The van der Waals surface area contributed by atoms with Gasteiger partial charge in [-0.2, -0.15) is 0 Å². The van der Waals surface area contributed by atoms with Gasteiger partial charge in [0.05, 0.1) is 18.1 Å². The first-order valence-electron chi connectivity index (χ1n) is 4.42. The van der Waals surface area contributed by atoms with Crippen molar-refractivity contribution in [1.82, 2.24) is 9.55 Å². The van der Waals surface area contributed by atoms with Crippen molar-refractivity contribution in [3.8, 4) is 0 Å². The van der Waals surface area contributed by atoms with Gasteiger partial charge in [-0.25, -0.2) is 4.98 Å². The third kappa shape index (κ3) is 1.85. The van der Waals surface area contributed by atoms with Crippen LogP contribution in [0.15, 0.2) is 12.5 Å². The lowest BCUT2D eigenvalue weighted by molar-refractivity contribution is 0.504. The number of hydrogen-bond acceptors (Lipinski definition) is 2. The summed E-state index contributed by atoms with van der Waals surface area (Å²) in [4.78, 5) is 4.25. The summed E-state index contributed by atoms with van der Waals surface area (Å²) in [7, 11) is 0. The number of nitrogens with two attached hydrogens (primary N) is 1. The van der Waals surface area contributed by atoms with E-state index in [2.05, 4.69) is 25.8 Å². The van der Waals surface area contributed by atoms with E-state index in [4.69, 9.17) is 5.73 Å². The maximum Gasteiger partial charge on any atom is 0.0950 e. The Balaban J connectivity index is 2.74. The summed E-state index contributed by atoms with van der Waals surface area (Å²) < 4.78 is 2.04. The predicted molar refractivity (Wildman–Crippen MR) is 49.7 cm³/mol. The summed E-state index contributed by atoms with van der Waals surface area (Å²) in [5.41, 5.74) is 6.92. The van der Waals surface area contributed by atoms with Crippen LogP contribution in [0.2, 0.25) is 0 Å². The Morgan fingerprint density at radius 1 is 1.58 bits per heavy atom. The minimum Gasteiger partial charge on any atom is -0.337 e. The van der Waals surface area contributed by atoms with Crippen LogP contribution in [0.25, 0.3) is 0 Å². The molecule has 1 rings (SSSR count). The molecule has 1 aromatic heterocycles. The van der Waals surface area contributed by atoms with Gasteiger partial charge in [-0.15, -0.1) is 0 Å². The zero-order valence-electron chi connectivity index (χ0n) is 7.99. The number of nitrogens with zero attached hydrogens (tertiary/aromatic N) is 2. The maximum absolute atomic E-state index is 5.93. The molecule has 0 aliphatic rings. The fourth-order valence-electron chi connectivity index (χ4n) is 1.06. The second-order valence-electron chi connectivity index (χ2n) is 3.40. The standard InChI is InChI=1S/C9H17N3/c1-4-12-5-8(11-6-12)9(10)7(2)3/h5-7,9H,4,10H2,1-3H3. The van der Waals surface area contributed by atoms with E-state index in [0.717, 1.165) is 12.2 Å². The normalized spacial score (nSPS) is 13.8. The maximum atomic E-state index is 5.93. The van der Waals surface area contributed by atoms with Crippen LogP contribution < -0.4 is 5.73 Å². The molecular formula is C9H17N3. The Labute approximate surface area is 73.6 Å². The molecule has 68 valence electrons. The first-order valence-corrected chi connectivity index (χ1v) is 4.42. The van der Waals surface area contributed by atoms with Gasteiger partial charge in [0.25, 0.3) is 0 Å². The second-order valence-corrected chi connectivity index (χ2v) is 3.40. The highest BCUT2D eigenvalue weighted by Crippen LogP contribution is 2.15. The minimum atomic E-state index is 0.0674. The zero-order valence-corrected chi connectivity index (χ0v) is 7.99. The first kappa shape index (κ1) is 9.26. The van der Waals surface area contributed by atoms with Gasteiger partial charge in [0.15, 0.2) is 0 Å². The molecule has 1 aromatic rings. The van der Waals surface area contributed by atoms with Gasteiger partial charge in [-0.05, 0) is 12.8 Å². The molecule has 1 heterocycles. The van der Waals surface area contributed by atoms with E-state index in [1.165, 1.54) is 0 Å². The van der Waals surface area contributed by atoms with Gasteiger partial charge in [0, 0.05) is 12.7 Å². The number of hydrogen-bond donors (Lipinski definition) is 1. The van der Waals surface area contributed by atoms with E-state index < -0.39 is 0 Å².